The van der Waals surface area contributed by atoms with Crippen LogP contribution in [-0.2, 0) is 31.3 Å². The van der Waals surface area contributed by atoms with Crippen molar-refractivity contribution in [2.24, 2.45) is 40.9 Å². The number of fused-ring (bicyclic) bond motifs is 1. The molecule has 0 aliphatic rings. The summed E-state index contributed by atoms with van der Waals surface area (Å²) < 4.78 is 40.9. The van der Waals surface area contributed by atoms with Gasteiger partial charge in [-0.3, -0.25) is 9.78 Å². The summed E-state index contributed by atoms with van der Waals surface area (Å²) in [5, 5.41) is 10.3. The molecule has 5 rings (SSSR count). The number of aryl methyl sites for hydroxylation is 3. The molecule has 0 spiro atoms. The van der Waals surface area contributed by atoms with Crippen LogP contribution in [0.25, 0.3) is 43.0 Å². The molecule has 0 amide bonds. The van der Waals surface area contributed by atoms with Crippen LogP contribution in [0.5, 0.6) is 0 Å². The molecule has 0 saturated carbocycles. The van der Waals surface area contributed by atoms with Crippen LogP contribution < -0.4 is 0 Å². The average Bonchev–Trinajstić information content (AvgIpc) is 3.43. The van der Waals surface area contributed by atoms with E-state index in [-0.39, 0.29) is 49.9 Å². The largest absolute Gasteiger partial charge is 0.512 e. The number of benzene rings is 3. The minimum Gasteiger partial charge on any atom is -0.512 e. The van der Waals surface area contributed by atoms with Crippen LogP contribution in [0.4, 0.5) is 13.2 Å². The molecule has 9 heteroatoms. The molecule has 1 N–H and O–H groups in total. The Hall–Kier alpha value is -3.65. The Morgan fingerprint density at radius 1 is 0.776 bits per heavy atom. The normalized spacial score (nSPS) is 12.6. The second-order valence-corrected chi connectivity index (χ2v) is 18.6. The number of allylic oxidation sites excluding steroid dienone is 2. The minimum atomic E-state index is -4.24. The number of aliphatic hydroxyl groups excluding tert-OH is 1. The Bertz CT molecular complexity index is 2130. The number of thiophene rings is 1. The number of hydrogen-bond donors (Lipinski definition) is 1. The molecule has 5 aromatic rings. The van der Waals surface area contributed by atoms with E-state index in [4.69, 9.17) is 0 Å². The van der Waals surface area contributed by atoms with Crippen LogP contribution in [0.3, 0.4) is 0 Å². The maximum absolute atomic E-state index is 13.3. The average molecular weight is 990 g/mol. The zero-order valence-electron chi connectivity index (χ0n) is 36.2. The first kappa shape index (κ1) is 48.7. The second-order valence-electron chi connectivity index (χ2n) is 17.5. The number of hydrogen-bond acceptors (Lipinski definition) is 5. The number of halogens is 3. The van der Waals surface area contributed by atoms with Crippen molar-refractivity contribution in [1.82, 2.24) is 9.97 Å². The third-order valence-electron chi connectivity index (χ3n) is 10.8. The summed E-state index contributed by atoms with van der Waals surface area (Å²) in [7, 11) is 0. The fourth-order valence-corrected chi connectivity index (χ4v) is 9.24. The molecule has 0 unspecified atom stereocenters. The smallest absolute Gasteiger partial charge is 0.394 e. The van der Waals surface area contributed by atoms with E-state index in [1.54, 1.807) is 29.8 Å². The Morgan fingerprint density at radius 3 is 1.76 bits per heavy atom. The van der Waals surface area contributed by atoms with Gasteiger partial charge in [0.25, 0.3) is 0 Å². The molecule has 0 saturated heterocycles. The van der Waals surface area contributed by atoms with Crippen molar-refractivity contribution in [3.05, 3.63) is 107 Å². The van der Waals surface area contributed by atoms with Crippen LogP contribution in [-0.4, -0.2) is 27.0 Å². The van der Waals surface area contributed by atoms with E-state index >= 15 is 0 Å². The number of carbonyl (C=O) groups excluding carboxylic acids is 1. The Balaban J connectivity index is 0.000000384. The fraction of sp³-hybridized carbons (Fsp3) is 0.449. The molecule has 4 nitrogen and oxygen atoms in total. The standard InChI is InChI=1S/C32H28F3N2S.C17H32O2.Ir/c1-19-14-20(2)16-26(15-19)28-30-27(36-18-37-28)21(3)29(38-30)25-12-10-24(11-13-25)23-8-6-22(7-9-23)17-31(4,5)32(33,34)35;1-10(2)16(11(3)4)14(18)9-15(19)17(12(5)6)13(7)8;/h6-15,18H,17H2,1-5H3;9-13,16-18H,1-8H3;/q-1;;/b;14-9-;. The van der Waals surface area contributed by atoms with Gasteiger partial charge < -0.3 is 5.11 Å². The summed E-state index contributed by atoms with van der Waals surface area (Å²) in [4.78, 5) is 22.7. The third-order valence-corrected chi connectivity index (χ3v) is 12.1. The SMILES string of the molecule is CC(C)C(C(=O)/C=C(\O)C(C(C)C)C(C)C)C(C)C.Cc1[c-]c(-c2ncnc3c(C)c(-c4ccc(-c5ccc(CC(C)(C)C(F)(F)F)cc5)cc4)sc23)cc(C)c1.[Ir]. The predicted octanol–water partition coefficient (Wildman–Crippen LogP) is 14.4. The van der Waals surface area contributed by atoms with Gasteiger partial charge in [-0.05, 0) is 64.8 Å². The van der Waals surface area contributed by atoms with Gasteiger partial charge >= 0.3 is 6.18 Å². The van der Waals surface area contributed by atoms with E-state index in [0.29, 0.717) is 29.2 Å². The molecule has 0 bridgehead atoms. The van der Waals surface area contributed by atoms with Crippen LogP contribution in [0.2, 0.25) is 0 Å². The van der Waals surface area contributed by atoms with E-state index < -0.39 is 11.6 Å². The summed E-state index contributed by atoms with van der Waals surface area (Å²) in [6.07, 6.45) is -1.19. The molecule has 58 heavy (non-hydrogen) atoms. The van der Waals surface area contributed by atoms with E-state index in [9.17, 15) is 23.1 Å². The van der Waals surface area contributed by atoms with Crippen molar-refractivity contribution in [3.63, 3.8) is 0 Å². The number of rotatable bonds is 12. The van der Waals surface area contributed by atoms with E-state index in [2.05, 4.69) is 122 Å². The zero-order chi connectivity index (χ0) is 42.6. The van der Waals surface area contributed by atoms with Gasteiger partial charge in [0.05, 0.1) is 16.7 Å². The Kier molecular flexibility index (Phi) is 16.9. The van der Waals surface area contributed by atoms with Crippen molar-refractivity contribution >= 4 is 27.3 Å². The number of carbonyl (C=O) groups is 1. The summed E-state index contributed by atoms with van der Waals surface area (Å²) in [5.41, 5.74) is 8.16. The molecule has 0 atom stereocenters. The van der Waals surface area contributed by atoms with Crippen LogP contribution >= 0.6 is 11.3 Å². The molecule has 0 aliphatic carbocycles. The van der Waals surface area contributed by atoms with Crippen molar-refractivity contribution in [3.8, 4) is 32.8 Å². The van der Waals surface area contributed by atoms with Gasteiger partial charge in [0.1, 0.15) is 6.33 Å². The summed E-state index contributed by atoms with van der Waals surface area (Å²) >= 11 is 1.68. The van der Waals surface area contributed by atoms with Crippen LogP contribution in [0.15, 0.2) is 78.8 Å². The van der Waals surface area contributed by atoms with Crippen molar-refractivity contribution in [1.29, 1.82) is 0 Å². The molecule has 0 aliphatic heterocycles. The quantitative estimate of drug-likeness (QED) is 0.0769. The van der Waals surface area contributed by atoms with Gasteiger partial charge in [-0.25, -0.2) is 4.98 Å². The molecule has 1 radical (unpaired) electrons. The van der Waals surface area contributed by atoms with Crippen molar-refractivity contribution < 1.29 is 43.2 Å². The number of nitrogens with zero attached hydrogens (tertiary/aromatic N) is 2. The molecule has 315 valence electrons. The summed E-state index contributed by atoms with van der Waals surface area (Å²) in [5.74, 6) is 1.63. The number of aromatic nitrogens is 2. The summed E-state index contributed by atoms with van der Waals surface area (Å²) in [6, 6.07) is 23.3. The zero-order valence-corrected chi connectivity index (χ0v) is 39.4. The third kappa shape index (κ3) is 11.8. The maximum Gasteiger partial charge on any atom is 0.394 e. The summed E-state index contributed by atoms with van der Waals surface area (Å²) in [6.45, 7) is 25.3. The fourth-order valence-electron chi connectivity index (χ4n) is 7.97. The maximum atomic E-state index is 13.3. The monoisotopic (exact) mass is 990 g/mol. The Morgan fingerprint density at radius 2 is 1.28 bits per heavy atom. The van der Waals surface area contributed by atoms with Crippen molar-refractivity contribution in [2.45, 2.75) is 103 Å². The van der Waals surface area contributed by atoms with Gasteiger partial charge in [0.15, 0.2) is 5.78 Å². The molecule has 3 aromatic carbocycles. The minimum absolute atomic E-state index is 0. The van der Waals surface area contributed by atoms with Gasteiger partial charge in [-0.2, -0.15) is 13.2 Å². The van der Waals surface area contributed by atoms with E-state index in [1.807, 2.05) is 19.1 Å². The second kappa shape index (κ2) is 20.1. The molecule has 2 heterocycles. The predicted molar refractivity (Wildman–Crippen MR) is 232 cm³/mol. The first-order valence-electron chi connectivity index (χ1n) is 20.0. The molecule has 0 fully saturated rings. The number of ketones is 1. The van der Waals surface area contributed by atoms with Crippen LogP contribution in [0.1, 0.15) is 91.5 Å². The van der Waals surface area contributed by atoms with Crippen LogP contribution in [0, 0.1) is 67.8 Å². The van der Waals surface area contributed by atoms with Gasteiger partial charge in [-0.1, -0.05) is 132 Å². The molecular formula is C49H60F3IrN2O2S-. The van der Waals surface area contributed by atoms with Gasteiger partial charge in [0, 0.05) is 53.3 Å². The molecular weight excluding hydrogens is 930 g/mol. The van der Waals surface area contributed by atoms with E-state index in [0.717, 1.165) is 54.2 Å². The first-order chi connectivity index (χ1) is 26.5. The number of alkyl halides is 3. The van der Waals surface area contributed by atoms with E-state index in [1.165, 1.54) is 25.5 Å². The van der Waals surface area contributed by atoms with Gasteiger partial charge in [-0.15, -0.1) is 46.2 Å². The van der Waals surface area contributed by atoms with Crippen molar-refractivity contribution in [2.75, 3.05) is 0 Å². The number of aliphatic hydroxyl groups is 1. The first-order valence-corrected chi connectivity index (χ1v) is 20.8. The van der Waals surface area contributed by atoms with Gasteiger partial charge in [0.2, 0.25) is 0 Å². The molecule has 2 aromatic heterocycles. The topological polar surface area (TPSA) is 63.1 Å². The Labute approximate surface area is 362 Å².